The van der Waals surface area contributed by atoms with E-state index in [4.69, 9.17) is 5.53 Å². The minimum absolute atomic E-state index is 0.00584. The third-order valence-corrected chi connectivity index (χ3v) is 4.76. The van der Waals surface area contributed by atoms with E-state index in [1.54, 1.807) is 0 Å². The molecule has 0 saturated heterocycles. The summed E-state index contributed by atoms with van der Waals surface area (Å²) in [6.07, 6.45) is 1.52. The SMILES string of the molecule is [N-]=[N+]=NCCCCCC(O)CS(=O)(=O)c1ccc(F)cc1. The molecule has 0 radical (unpaired) electrons. The largest absolute Gasteiger partial charge is 0.392 e. The minimum atomic E-state index is -3.61. The minimum Gasteiger partial charge on any atom is -0.392 e. The van der Waals surface area contributed by atoms with Crippen LogP contribution in [0, 0.1) is 5.82 Å². The first-order valence-corrected chi connectivity index (χ1v) is 8.28. The number of hydrogen-bond acceptors (Lipinski definition) is 4. The number of hydrogen-bond donors (Lipinski definition) is 1. The van der Waals surface area contributed by atoms with Crippen molar-refractivity contribution in [3.8, 4) is 0 Å². The van der Waals surface area contributed by atoms with Gasteiger partial charge in [-0.05, 0) is 42.6 Å². The molecule has 0 aromatic heterocycles. The van der Waals surface area contributed by atoms with Gasteiger partial charge in [-0.3, -0.25) is 0 Å². The molecule has 1 aromatic carbocycles. The molecule has 0 fully saturated rings. The lowest BCUT2D eigenvalue weighted by atomic mass is 10.1. The molecule has 6 nitrogen and oxygen atoms in total. The third kappa shape index (κ3) is 6.57. The van der Waals surface area contributed by atoms with E-state index in [2.05, 4.69) is 10.0 Å². The van der Waals surface area contributed by atoms with Crippen molar-refractivity contribution in [1.29, 1.82) is 0 Å². The van der Waals surface area contributed by atoms with Crippen LogP contribution in [0.4, 0.5) is 4.39 Å². The maximum atomic E-state index is 12.8. The molecule has 0 spiro atoms. The summed E-state index contributed by atoms with van der Waals surface area (Å²) in [5.41, 5.74) is 8.09. The van der Waals surface area contributed by atoms with E-state index in [9.17, 15) is 17.9 Å². The van der Waals surface area contributed by atoms with Gasteiger partial charge in [0.25, 0.3) is 0 Å². The molecule has 21 heavy (non-hydrogen) atoms. The van der Waals surface area contributed by atoms with Crippen LogP contribution in [0.5, 0.6) is 0 Å². The lowest BCUT2D eigenvalue weighted by Gasteiger charge is -2.11. The maximum absolute atomic E-state index is 12.8. The fourth-order valence-corrected chi connectivity index (χ4v) is 3.28. The highest BCUT2D eigenvalue weighted by molar-refractivity contribution is 7.91. The molecular formula is C13H18FN3O3S. The van der Waals surface area contributed by atoms with Gasteiger partial charge in [-0.15, -0.1) is 0 Å². The van der Waals surface area contributed by atoms with Gasteiger partial charge in [0.15, 0.2) is 9.84 Å². The number of sulfone groups is 1. The molecule has 0 bridgehead atoms. The van der Waals surface area contributed by atoms with Crippen molar-refractivity contribution < 1.29 is 17.9 Å². The van der Waals surface area contributed by atoms with Gasteiger partial charge in [0, 0.05) is 11.5 Å². The smallest absolute Gasteiger partial charge is 0.180 e. The van der Waals surface area contributed by atoms with Gasteiger partial charge in [-0.1, -0.05) is 18.0 Å². The third-order valence-electron chi connectivity index (χ3n) is 2.94. The van der Waals surface area contributed by atoms with E-state index >= 15 is 0 Å². The Labute approximate surface area is 123 Å². The van der Waals surface area contributed by atoms with Gasteiger partial charge in [-0.25, -0.2) is 12.8 Å². The molecular weight excluding hydrogens is 297 g/mol. The summed E-state index contributed by atoms with van der Waals surface area (Å²) in [4.78, 5) is 2.63. The number of nitrogens with zero attached hydrogens (tertiary/aromatic N) is 3. The summed E-state index contributed by atoms with van der Waals surface area (Å²) in [5, 5.41) is 13.2. The first kappa shape index (κ1) is 17.4. The van der Waals surface area contributed by atoms with Crippen LogP contribution in [0.1, 0.15) is 25.7 Å². The highest BCUT2D eigenvalue weighted by atomic mass is 32.2. The number of azide groups is 1. The van der Waals surface area contributed by atoms with Crippen LogP contribution >= 0.6 is 0 Å². The molecule has 0 aliphatic rings. The molecule has 1 N–H and O–H groups in total. The van der Waals surface area contributed by atoms with Gasteiger partial charge < -0.3 is 5.11 Å². The Morgan fingerprint density at radius 1 is 1.24 bits per heavy atom. The Morgan fingerprint density at radius 2 is 1.90 bits per heavy atom. The molecule has 1 unspecified atom stereocenters. The zero-order valence-electron chi connectivity index (χ0n) is 11.5. The first-order valence-electron chi connectivity index (χ1n) is 6.63. The molecule has 0 heterocycles. The van der Waals surface area contributed by atoms with Crippen LogP contribution in [-0.4, -0.2) is 31.9 Å². The van der Waals surface area contributed by atoms with Crippen LogP contribution in [0.15, 0.2) is 34.3 Å². The Hall–Kier alpha value is -1.63. The molecule has 0 aliphatic heterocycles. The van der Waals surface area contributed by atoms with Crippen LogP contribution < -0.4 is 0 Å². The summed E-state index contributed by atoms with van der Waals surface area (Å²) >= 11 is 0. The van der Waals surface area contributed by atoms with E-state index in [1.165, 1.54) is 12.1 Å². The fraction of sp³-hybridized carbons (Fsp3) is 0.538. The fourth-order valence-electron chi connectivity index (χ4n) is 1.86. The van der Waals surface area contributed by atoms with Crippen molar-refractivity contribution in [2.45, 2.75) is 36.7 Å². The van der Waals surface area contributed by atoms with E-state index < -0.39 is 21.8 Å². The van der Waals surface area contributed by atoms with Gasteiger partial charge in [0.1, 0.15) is 5.82 Å². The number of benzene rings is 1. The number of aliphatic hydroxyl groups is 1. The zero-order chi connectivity index (χ0) is 15.7. The van der Waals surface area contributed by atoms with E-state index in [-0.39, 0.29) is 10.6 Å². The summed E-state index contributed by atoms with van der Waals surface area (Å²) < 4.78 is 36.7. The van der Waals surface area contributed by atoms with Crippen LogP contribution in [0.2, 0.25) is 0 Å². The molecule has 1 atom stereocenters. The normalized spacial score (nSPS) is 12.7. The van der Waals surface area contributed by atoms with E-state index in [0.29, 0.717) is 25.8 Å². The van der Waals surface area contributed by atoms with Crippen molar-refractivity contribution in [2.75, 3.05) is 12.3 Å². The second-order valence-corrected chi connectivity index (χ2v) is 6.73. The summed E-state index contributed by atoms with van der Waals surface area (Å²) in [6.45, 7) is 0.403. The highest BCUT2D eigenvalue weighted by Crippen LogP contribution is 2.15. The van der Waals surface area contributed by atoms with Crippen LogP contribution in [-0.2, 0) is 9.84 Å². The van der Waals surface area contributed by atoms with Crippen molar-refractivity contribution in [3.63, 3.8) is 0 Å². The van der Waals surface area contributed by atoms with Crippen molar-refractivity contribution in [2.24, 2.45) is 5.11 Å². The Balaban J connectivity index is 2.40. The molecule has 116 valence electrons. The average molecular weight is 315 g/mol. The average Bonchev–Trinajstić information content (AvgIpc) is 2.42. The topological polar surface area (TPSA) is 103 Å². The molecule has 0 saturated carbocycles. The van der Waals surface area contributed by atoms with Gasteiger partial charge in [0.2, 0.25) is 0 Å². The Kier molecular flexibility index (Phi) is 7.14. The van der Waals surface area contributed by atoms with Crippen molar-refractivity contribution >= 4 is 9.84 Å². The summed E-state index contributed by atoms with van der Waals surface area (Å²) in [6, 6.07) is 4.54. The second kappa shape index (κ2) is 8.61. The predicted molar refractivity (Wildman–Crippen MR) is 76.9 cm³/mol. The van der Waals surface area contributed by atoms with E-state index in [0.717, 1.165) is 18.6 Å². The molecule has 0 amide bonds. The van der Waals surface area contributed by atoms with Crippen LogP contribution in [0.25, 0.3) is 10.4 Å². The second-order valence-electron chi connectivity index (χ2n) is 4.69. The Morgan fingerprint density at radius 3 is 2.52 bits per heavy atom. The summed E-state index contributed by atoms with van der Waals surface area (Å²) in [7, 11) is -3.61. The lowest BCUT2D eigenvalue weighted by Crippen LogP contribution is -2.21. The lowest BCUT2D eigenvalue weighted by molar-refractivity contribution is 0.183. The number of rotatable bonds is 9. The predicted octanol–water partition coefficient (Wildman–Crippen LogP) is 2.83. The molecule has 1 aromatic rings. The number of aliphatic hydroxyl groups excluding tert-OH is 1. The Bertz CT molecular complexity index is 583. The number of halogens is 1. The summed E-state index contributed by atoms with van der Waals surface area (Å²) in [5.74, 6) is -0.885. The quantitative estimate of drug-likeness (QED) is 0.249. The van der Waals surface area contributed by atoms with Gasteiger partial charge in [0.05, 0.1) is 16.8 Å². The number of unbranched alkanes of at least 4 members (excludes halogenated alkanes) is 2. The van der Waals surface area contributed by atoms with Gasteiger partial charge in [-0.2, -0.15) is 0 Å². The van der Waals surface area contributed by atoms with Crippen molar-refractivity contribution in [1.82, 2.24) is 0 Å². The molecule has 1 rings (SSSR count). The highest BCUT2D eigenvalue weighted by Gasteiger charge is 2.19. The van der Waals surface area contributed by atoms with E-state index in [1.807, 2.05) is 0 Å². The van der Waals surface area contributed by atoms with Crippen molar-refractivity contribution in [3.05, 3.63) is 40.5 Å². The van der Waals surface area contributed by atoms with Gasteiger partial charge >= 0.3 is 0 Å². The maximum Gasteiger partial charge on any atom is 0.180 e. The van der Waals surface area contributed by atoms with Crippen LogP contribution in [0.3, 0.4) is 0 Å². The monoisotopic (exact) mass is 315 g/mol. The molecule has 8 heteroatoms. The first-order chi connectivity index (χ1) is 9.95. The zero-order valence-corrected chi connectivity index (χ0v) is 12.3. The standard InChI is InChI=1S/C13H18FN3O3S/c14-11-5-7-13(8-6-11)21(19,20)10-12(18)4-2-1-3-9-16-17-15/h5-8,12,18H,1-4,9-10H2. The molecule has 0 aliphatic carbocycles.